The highest BCUT2D eigenvalue weighted by Crippen LogP contribution is 2.33. The molecule has 3 heterocycles. The smallest absolute Gasteiger partial charge is 0.275 e. The van der Waals surface area contributed by atoms with Crippen molar-refractivity contribution in [2.75, 3.05) is 18.9 Å². The van der Waals surface area contributed by atoms with Gasteiger partial charge in [0, 0.05) is 19.0 Å². The summed E-state index contributed by atoms with van der Waals surface area (Å²) in [6, 6.07) is 7.61. The second kappa shape index (κ2) is 5.92. The van der Waals surface area contributed by atoms with Crippen LogP contribution in [0.25, 0.3) is 10.9 Å². The molecule has 3 aromatic rings. The van der Waals surface area contributed by atoms with Crippen molar-refractivity contribution < 1.29 is 4.79 Å². The van der Waals surface area contributed by atoms with Gasteiger partial charge in [-0.15, -0.1) is 0 Å². The number of hydrogen-bond donors (Lipinski definition) is 2. The first kappa shape index (κ1) is 14.6. The van der Waals surface area contributed by atoms with Gasteiger partial charge in [-0.1, -0.05) is 18.2 Å². The van der Waals surface area contributed by atoms with Crippen molar-refractivity contribution in [2.24, 2.45) is 0 Å². The molecule has 1 aliphatic rings. The number of carbonyl (C=O) groups excluding carboxylic acids is 1. The van der Waals surface area contributed by atoms with Gasteiger partial charge in [-0.3, -0.25) is 14.9 Å². The average Bonchev–Trinajstić information content (AvgIpc) is 3.28. The molecule has 24 heavy (non-hydrogen) atoms. The Kier molecular flexibility index (Phi) is 3.60. The maximum Gasteiger partial charge on any atom is 0.275 e. The van der Waals surface area contributed by atoms with E-state index in [1.165, 1.54) is 0 Å². The van der Waals surface area contributed by atoms with Crippen LogP contribution in [0, 0.1) is 0 Å². The molecular weight excluding hydrogens is 304 g/mol. The van der Waals surface area contributed by atoms with E-state index in [4.69, 9.17) is 0 Å². The van der Waals surface area contributed by atoms with E-state index in [0.29, 0.717) is 18.1 Å². The highest BCUT2D eigenvalue weighted by atomic mass is 16.2. The van der Waals surface area contributed by atoms with Crippen LogP contribution in [-0.4, -0.2) is 44.6 Å². The number of rotatable bonds is 3. The van der Waals surface area contributed by atoms with Gasteiger partial charge >= 0.3 is 0 Å². The van der Waals surface area contributed by atoms with E-state index in [-0.39, 0.29) is 11.9 Å². The molecule has 2 N–H and O–H groups in total. The molecule has 2 aromatic heterocycles. The van der Waals surface area contributed by atoms with Gasteiger partial charge in [0.1, 0.15) is 5.82 Å². The topological polar surface area (TPSA) is 86.8 Å². The zero-order chi connectivity index (χ0) is 16.5. The number of likely N-dealkylation sites (tertiary alicyclic amines) is 1. The first-order valence-electron chi connectivity index (χ1n) is 8.01. The lowest BCUT2D eigenvalue weighted by Crippen LogP contribution is -2.31. The fourth-order valence-corrected chi connectivity index (χ4v) is 3.24. The molecule has 122 valence electrons. The van der Waals surface area contributed by atoms with Gasteiger partial charge in [-0.2, -0.15) is 5.10 Å². The number of amides is 1. The molecule has 1 aromatic carbocycles. The van der Waals surface area contributed by atoms with Crippen molar-refractivity contribution in [1.29, 1.82) is 0 Å². The highest BCUT2D eigenvalue weighted by molar-refractivity contribution is 6.04. The predicted molar refractivity (Wildman–Crippen MR) is 90.7 cm³/mol. The summed E-state index contributed by atoms with van der Waals surface area (Å²) in [5.41, 5.74) is 2.15. The lowest BCUT2D eigenvalue weighted by Gasteiger charge is -2.23. The lowest BCUT2D eigenvalue weighted by molar-refractivity contribution is 0.0728. The summed E-state index contributed by atoms with van der Waals surface area (Å²) in [7, 11) is 1.81. The molecule has 7 nitrogen and oxygen atoms in total. The summed E-state index contributed by atoms with van der Waals surface area (Å²) >= 11 is 0. The standard InChI is InChI=1S/C17H18N6O/c1-18-15-10-19-9-13(20-15)14-7-4-8-23(14)17(24)16-11-5-2-3-6-12(11)21-22-16/h2-3,5-6,9-10,14H,4,7-8H2,1H3,(H,18,20)(H,21,22)/t14-/m1/s1. The number of anilines is 1. The van der Waals surface area contributed by atoms with Gasteiger partial charge < -0.3 is 10.2 Å². The Labute approximate surface area is 139 Å². The number of aromatic amines is 1. The Balaban J connectivity index is 1.68. The first-order valence-corrected chi connectivity index (χ1v) is 8.01. The molecule has 0 unspecified atom stereocenters. The summed E-state index contributed by atoms with van der Waals surface area (Å²) in [5, 5.41) is 11.0. The van der Waals surface area contributed by atoms with Crippen LogP contribution in [0.1, 0.15) is 35.1 Å². The maximum absolute atomic E-state index is 13.0. The monoisotopic (exact) mass is 322 g/mol. The van der Waals surface area contributed by atoms with Crippen molar-refractivity contribution in [2.45, 2.75) is 18.9 Å². The van der Waals surface area contributed by atoms with Crippen LogP contribution in [0.4, 0.5) is 5.82 Å². The Morgan fingerprint density at radius 2 is 2.21 bits per heavy atom. The fraction of sp³-hybridized carbons (Fsp3) is 0.294. The Morgan fingerprint density at radius 1 is 1.33 bits per heavy atom. The molecule has 1 saturated heterocycles. The minimum atomic E-state index is -0.0633. The van der Waals surface area contributed by atoms with E-state index in [0.717, 1.165) is 29.4 Å². The van der Waals surface area contributed by atoms with Crippen LogP contribution in [0.5, 0.6) is 0 Å². The van der Waals surface area contributed by atoms with Crippen molar-refractivity contribution >= 4 is 22.6 Å². The first-order chi connectivity index (χ1) is 11.8. The number of aromatic nitrogens is 4. The van der Waals surface area contributed by atoms with Crippen LogP contribution < -0.4 is 5.32 Å². The normalized spacial score (nSPS) is 17.4. The third-order valence-electron chi connectivity index (χ3n) is 4.44. The molecule has 0 aliphatic carbocycles. The number of fused-ring (bicyclic) bond motifs is 1. The summed E-state index contributed by atoms with van der Waals surface area (Å²) in [6.45, 7) is 0.705. The molecule has 7 heteroatoms. The number of nitrogens with one attached hydrogen (secondary N) is 2. The average molecular weight is 322 g/mol. The van der Waals surface area contributed by atoms with Crippen molar-refractivity contribution in [3.05, 3.63) is 48.0 Å². The molecule has 0 radical (unpaired) electrons. The molecule has 1 aliphatic heterocycles. The molecule has 1 fully saturated rings. The number of H-pyrrole nitrogens is 1. The van der Waals surface area contributed by atoms with Gasteiger partial charge in [0.25, 0.3) is 5.91 Å². The molecule has 4 rings (SSSR count). The molecule has 0 saturated carbocycles. The molecule has 0 spiro atoms. The van der Waals surface area contributed by atoms with Crippen LogP contribution in [0.15, 0.2) is 36.7 Å². The van der Waals surface area contributed by atoms with E-state index in [1.807, 2.05) is 29.2 Å². The maximum atomic E-state index is 13.0. The van der Waals surface area contributed by atoms with Gasteiger partial charge in [0.2, 0.25) is 0 Å². The Morgan fingerprint density at radius 3 is 3.08 bits per heavy atom. The van der Waals surface area contributed by atoms with Crippen LogP contribution in [0.2, 0.25) is 0 Å². The summed E-state index contributed by atoms with van der Waals surface area (Å²) in [4.78, 5) is 23.7. The molecular formula is C17H18N6O. The van der Waals surface area contributed by atoms with E-state index < -0.39 is 0 Å². The van der Waals surface area contributed by atoms with Crippen molar-refractivity contribution in [3.8, 4) is 0 Å². The number of nitrogens with zero attached hydrogens (tertiary/aromatic N) is 4. The van der Waals surface area contributed by atoms with Crippen molar-refractivity contribution in [1.82, 2.24) is 25.1 Å². The fourth-order valence-electron chi connectivity index (χ4n) is 3.24. The van der Waals surface area contributed by atoms with Gasteiger partial charge in [0.15, 0.2) is 5.69 Å². The SMILES string of the molecule is CNc1cncc([C@H]2CCCN2C(=O)c2n[nH]c3ccccc23)n1. The minimum Gasteiger partial charge on any atom is -0.372 e. The van der Waals surface area contributed by atoms with E-state index in [1.54, 1.807) is 19.4 Å². The zero-order valence-corrected chi connectivity index (χ0v) is 13.4. The minimum absolute atomic E-state index is 0.0613. The summed E-state index contributed by atoms with van der Waals surface area (Å²) in [6.07, 6.45) is 5.24. The second-order valence-electron chi connectivity index (χ2n) is 5.85. The molecule has 1 atom stereocenters. The van der Waals surface area contributed by atoms with Crippen LogP contribution >= 0.6 is 0 Å². The molecule has 1 amide bonds. The lowest BCUT2D eigenvalue weighted by atomic mass is 10.1. The number of hydrogen-bond acceptors (Lipinski definition) is 5. The number of carbonyl (C=O) groups is 1. The number of para-hydroxylation sites is 1. The zero-order valence-electron chi connectivity index (χ0n) is 13.4. The summed E-state index contributed by atoms with van der Waals surface area (Å²) in [5.74, 6) is 0.642. The second-order valence-corrected chi connectivity index (χ2v) is 5.85. The van der Waals surface area contributed by atoms with Crippen LogP contribution in [-0.2, 0) is 0 Å². The largest absolute Gasteiger partial charge is 0.372 e. The van der Waals surface area contributed by atoms with Crippen molar-refractivity contribution in [3.63, 3.8) is 0 Å². The van der Waals surface area contributed by atoms with Gasteiger partial charge in [-0.25, -0.2) is 4.98 Å². The Hall–Kier alpha value is -2.96. The van der Waals surface area contributed by atoms with E-state index >= 15 is 0 Å². The molecule has 0 bridgehead atoms. The third-order valence-corrected chi connectivity index (χ3v) is 4.44. The Bertz CT molecular complexity index is 889. The van der Waals surface area contributed by atoms with Crippen LogP contribution in [0.3, 0.4) is 0 Å². The predicted octanol–water partition coefficient (Wildman–Crippen LogP) is 2.37. The third kappa shape index (κ3) is 2.38. The summed E-state index contributed by atoms with van der Waals surface area (Å²) < 4.78 is 0. The van der Waals surface area contributed by atoms with E-state index in [9.17, 15) is 4.79 Å². The van der Waals surface area contributed by atoms with Gasteiger partial charge in [-0.05, 0) is 18.9 Å². The van der Waals surface area contributed by atoms with E-state index in [2.05, 4.69) is 25.5 Å². The highest BCUT2D eigenvalue weighted by Gasteiger charge is 2.33. The van der Waals surface area contributed by atoms with Gasteiger partial charge in [0.05, 0.1) is 29.6 Å². The quantitative estimate of drug-likeness (QED) is 0.773. The number of benzene rings is 1.